The summed E-state index contributed by atoms with van der Waals surface area (Å²) in [6.07, 6.45) is 1.90. The van der Waals surface area contributed by atoms with E-state index in [4.69, 9.17) is 11.1 Å². The number of nitrogens with zero attached hydrogens (tertiary/aromatic N) is 1. The summed E-state index contributed by atoms with van der Waals surface area (Å²) < 4.78 is 0. The van der Waals surface area contributed by atoms with Gasteiger partial charge in [-0.05, 0) is 19.3 Å². The minimum Gasteiger partial charge on any atom is -0.356 e. The standard InChI is InChI=1S/C12H23N5O2S/c1-17(2)12(14)15-6-3-4-8(13)10(18)16-9-5-7-20-11(9)19/h8-9H,3-7,13H2,1-2H3,(H2,14,15)(H,16,18). The van der Waals surface area contributed by atoms with E-state index in [0.29, 0.717) is 31.8 Å². The molecule has 1 rings (SSSR count). The number of nitrogens with two attached hydrogens (primary N) is 1. The minimum absolute atomic E-state index is 0.0200. The summed E-state index contributed by atoms with van der Waals surface area (Å²) in [5, 5.41) is 13.2. The average Bonchev–Trinajstić information content (AvgIpc) is 2.79. The molecule has 5 N–H and O–H groups in total. The van der Waals surface area contributed by atoms with E-state index in [1.807, 2.05) is 0 Å². The van der Waals surface area contributed by atoms with Crippen LogP contribution in [0.25, 0.3) is 0 Å². The third-order valence-corrected chi connectivity index (χ3v) is 4.03. The molecule has 0 aromatic carbocycles. The maximum Gasteiger partial charge on any atom is 0.237 e. The van der Waals surface area contributed by atoms with Gasteiger partial charge < -0.3 is 21.3 Å². The molecule has 114 valence electrons. The van der Waals surface area contributed by atoms with Gasteiger partial charge in [0.05, 0.1) is 12.1 Å². The number of nitrogens with one attached hydrogen (secondary N) is 3. The summed E-state index contributed by atoms with van der Waals surface area (Å²) in [6, 6.07) is -0.984. The summed E-state index contributed by atoms with van der Waals surface area (Å²) in [5.41, 5.74) is 5.80. The lowest BCUT2D eigenvalue weighted by Gasteiger charge is -2.17. The molecule has 1 heterocycles. The lowest BCUT2D eigenvalue weighted by Crippen LogP contribution is -2.47. The molecule has 1 aliphatic rings. The van der Waals surface area contributed by atoms with Gasteiger partial charge in [0.15, 0.2) is 5.96 Å². The van der Waals surface area contributed by atoms with Gasteiger partial charge in [0.25, 0.3) is 0 Å². The first-order valence-corrected chi connectivity index (χ1v) is 7.62. The van der Waals surface area contributed by atoms with Crippen LogP contribution < -0.4 is 16.4 Å². The Bertz CT molecular complexity index is 375. The first-order chi connectivity index (χ1) is 9.41. The zero-order chi connectivity index (χ0) is 15.1. The Labute approximate surface area is 123 Å². The van der Waals surface area contributed by atoms with Crippen molar-refractivity contribution in [1.82, 2.24) is 15.5 Å². The molecule has 1 amide bonds. The quantitative estimate of drug-likeness (QED) is 0.294. The molecule has 1 aliphatic heterocycles. The Morgan fingerprint density at radius 3 is 2.85 bits per heavy atom. The fourth-order valence-electron chi connectivity index (χ4n) is 1.72. The van der Waals surface area contributed by atoms with Crippen molar-refractivity contribution in [3.8, 4) is 0 Å². The first kappa shape index (κ1) is 16.8. The smallest absolute Gasteiger partial charge is 0.237 e. The van der Waals surface area contributed by atoms with Crippen molar-refractivity contribution in [3.63, 3.8) is 0 Å². The van der Waals surface area contributed by atoms with Gasteiger partial charge in [-0.25, -0.2) is 0 Å². The van der Waals surface area contributed by atoms with Gasteiger partial charge in [-0.15, -0.1) is 0 Å². The third kappa shape index (κ3) is 5.38. The zero-order valence-electron chi connectivity index (χ0n) is 11.9. The van der Waals surface area contributed by atoms with Crippen molar-refractivity contribution in [2.24, 2.45) is 5.73 Å². The van der Waals surface area contributed by atoms with E-state index >= 15 is 0 Å². The fourth-order valence-corrected chi connectivity index (χ4v) is 2.66. The molecule has 20 heavy (non-hydrogen) atoms. The van der Waals surface area contributed by atoms with Crippen LogP contribution in [0.3, 0.4) is 0 Å². The van der Waals surface area contributed by atoms with E-state index in [2.05, 4.69) is 10.6 Å². The van der Waals surface area contributed by atoms with E-state index in [1.54, 1.807) is 19.0 Å². The molecule has 0 spiro atoms. The van der Waals surface area contributed by atoms with Crippen molar-refractivity contribution in [2.75, 3.05) is 26.4 Å². The number of guanidine groups is 1. The molecule has 0 radical (unpaired) electrons. The van der Waals surface area contributed by atoms with E-state index < -0.39 is 6.04 Å². The van der Waals surface area contributed by atoms with E-state index in [9.17, 15) is 9.59 Å². The van der Waals surface area contributed by atoms with Crippen LogP contribution in [0.5, 0.6) is 0 Å². The van der Waals surface area contributed by atoms with Crippen LogP contribution in [0.4, 0.5) is 0 Å². The van der Waals surface area contributed by atoms with Crippen molar-refractivity contribution in [3.05, 3.63) is 0 Å². The highest BCUT2D eigenvalue weighted by atomic mass is 32.2. The molecule has 1 fully saturated rings. The number of hydrogen-bond donors (Lipinski definition) is 4. The lowest BCUT2D eigenvalue weighted by molar-refractivity contribution is -0.125. The van der Waals surface area contributed by atoms with Crippen LogP contribution in [0, 0.1) is 5.41 Å². The Morgan fingerprint density at radius 2 is 2.30 bits per heavy atom. The van der Waals surface area contributed by atoms with Crippen LogP contribution in [0.2, 0.25) is 0 Å². The number of carbonyl (C=O) groups is 2. The largest absolute Gasteiger partial charge is 0.356 e. The van der Waals surface area contributed by atoms with Crippen LogP contribution in [-0.4, -0.2) is 60.4 Å². The van der Waals surface area contributed by atoms with Crippen LogP contribution in [0.15, 0.2) is 0 Å². The molecule has 0 aromatic heterocycles. The van der Waals surface area contributed by atoms with Gasteiger partial charge in [0.2, 0.25) is 11.0 Å². The Kier molecular flexibility index (Phi) is 6.80. The van der Waals surface area contributed by atoms with Crippen molar-refractivity contribution < 1.29 is 9.59 Å². The summed E-state index contributed by atoms with van der Waals surface area (Å²) >= 11 is 1.25. The van der Waals surface area contributed by atoms with E-state index in [1.165, 1.54) is 11.8 Å². The molecule has 0 aliphatic carbocycles. The molecule has 0 bridgehead atoms. The number of hydrogen-bond acceptors (Lipinski definition) is 5. The van der Waals surface area contributed by atoms with E-state index in [-0.39, 0.29) is 17.1 Å². The van der Waals surface area contributed by atoms with Crippen LogP contribution in [0.1, 0.15) is 19.3 Å². The first-order valence-electron chi connectivity index (χ1n) is 6.64. The van der Waals surface area contributed by atoms with Crippen molar-refractivity contribution >= 4 is 28.7 Å². The monoisotopic (exact) mass is 301 g/mol. The Morgan fingerprint density at radius 1 is 1.60 bits per heavy atom. The predicted octanol–water partition coefficient (Wildman–Crippen LogP) is -0.672. The highest BCUT2D eigenvalue weighted by Crippen LogP contribution is 2.19. The summed E-state index contributed by atoms with van der Waals surface area (Å²) in [5.74, 6) is 0.820. The van der Waals surface area contributed by atoms with Crippen LogP contribution in [-0.2, 0) is 9.59 Å². The van der Waals surface area contributed by atoms with Gasteiger partial charge in [-0.1, -0.05) is 11.8 Å². The Balaban J connectivity index is 2.18. The lowest BCUT2D eigenvalue weighted by atomic mass is 10.1. The minimum atomic E-state index is -0.608. The van der Waals surface area contributed by atoms with Gasteiger partial charge in [-0.3, -0.25) is 15.0 Å². The maximum atomic E-state index is 11.8. The second-order valence-electron chi connectivity index (χ2n) is 4.94. The van der Waals surface area contributed by atoms with Crippen molar-refractivity contribution in [2.45, 2.75) is 31.3 Å². The van der Waals surface area contributed by atoms with Gasteiger partial charge >= 0.3 is 0 Å². The SMILES string of the molecule is CN(C)C(=N)NCCCC(N)C(=O)NC1CCSC1=O. The summed E-state index contributed by atoms with van der Waals surface area (Å²) in [6.45, 7) is 0.593. The molecule has 0 saturated carbocycles. The number of carbonyl (C=O) groups excluding carboxylic acids is 2. The molecule has 7 nitrogen and oxygen atoms in total. The number of amides is 1. The van der Waals surface area contributed by atoms with Gasteiger partial charge in [0, 0.05) is 26.4 Å². The van der Waals surface area contributed by atoms with Gasteiger partial charge in [-0.2, -0.15) is 0 Å². The zero-order valence-corrected chi connectivity index (χ0v) is 12.8. The highest BCUT2D eigenvalue weighted by Gasteiger charge is 2.28. The molecule has 1 saturated heterocycles. The third-order valence-electron chi connectivity index (χ3n) is 3.02. The maximum absolute atomic E-state index is 11.8. The second kappa shape index (κ2) is 8.11. The molecule has 8 heteroatoms. The Hall–Kier alpha value is -1.28. The van der Waals surface area contributed by atoms with Crippen molar-refractivity contribution in [1.29, 1.82) is 5.41 Å². The van der Waals surface area contributed by atoms with Crippen LogP contribution >= 0.6 is 11.8 Å². The normalized spacial score (nSPS) is 19.6. The number of thioether (sulfide) groups is 1. The molecule has 2 unspecified atom stereocenters. The van der Waals surface area contributed by atoms with E-state index in [0.717, 1.165) is 5.75 Å². The molecular formula is C12H23N5O2S. The fraction of sp³-hybridized carbons (Fsp3) is 0.750. The highest BCUT2D eigenvalue weighted by molar-refractivity contribution is 8.14. The number of rotatable bonds is 6. The predicted molar refractivity (Wildman–Crippen MR) is 80.6 cm³/mol. The molecular weight excluding hydrogens is 278 g/mol. The van der Waals surface area contributed by atoms with Gasteiger partial charge in [0.1, 0.15) is 0 Å². The molecule has 2 atom stereocenters. The second-order valence-corrected chi connectivity index (χ2v) is 6.04. The topological polar surface area (TPSA) is 111 Å². The molecule has 0 aromatic rings. The summed E-state index contributed by atoms with van der Waals surface area (Å²) in [4.78, 5) is 24.9. The average molecular weight is 301 g/mol. The summed E-state index contributed by atoms with van der Waals surface area (Å²) in [7, 11) is 3.57.